The van der Waals surface area contributed by atoms with Gasteiger partial charge >= 0.3 is 5.97 Å². The Kier molecular flexibility index (Phi) is 5.40. The zero-order chi connectivity index (χ0) is 15.3. The Morgan fingerprint density at radius 3 is 2.57 bits per heavy atom. The number of esters is 1. The second kappa shape index (κ2) is 7.08. The van der Waals surface area contributed by atoms with Crippen LogP contribution in [0.25, 0.3) is 0 Å². The van der Waals surface area contributed by atoms with Crippen molar-refractivity contribution >= 4 is 5.97 Å². The molecule has 1 saturated carbocycles. The molecule has 116 valence electrons. The molecule has 3 nitrogen and oxygen atoms in total. The summed E-state index contributed by atoms with van der Waals surface area (Å²) in [5, 5.41) is 0. The van der Waals surface area contributed by atoms with Crippen LogP contribution in [0.4, 0.5) is 0 Å². The number of hydrogen-bond donors (Lipinski definition) is 0. The van der Waals surface area contributed by atoms with Crippen LogP contribution < -0.4 is 0 Å². The van der Waals surface area contributed by atoms with Gasteiger partial charge in [0, 0.05) is 6.61 Å². The molecule has 3 heteroatoms. The molecule has 0 aromatic heterocycles. The zero-order valence-corrected chi connectivity index (χ0v) is 13.4. The second-order valence-electron chi connectivity index (χ2n) is 5.88. The lowest BCUT2D eigenvalue weighted by molar-refractivity contribution is -0.163. The number of carbonyl (C=O) groups excluding carboxylic acids is 1. The standard InChI is InChI=1S/C18H26O3/c1-4-20-16-7-6-12-18(16,17(19)21-5-2)13-15-10-8-14(3)9-11-15/h8-11,16H,4-7,12-13H2,1-3H3. The Balaban J connectivity index is 2.27. The summed E-state index contributed by atoms with van der Waals surface area (Å²) < 4.78 is 11.3. The van der Waals surface area contributed by atoms with E-state index in [1.807, 2.05) is 13.8 Å². The highest BCUT2D eigenvalue weighted by atomic mass is 16.5. The molecule has 2 rings (SSSR count). The summed E-state index contributed by atoms with van der Waals surface area (Å²) in [6.07, 6.45) is 3.50. The average molecular weight is 290 g/mol. The van der Waals surface area contributed by atoms with Crippen molar-refractivity contribution in [3.8, 4) is 0 Å². The van der Waals surface area contributed by atoms with Gasteiger partial charge in [0.1, 0.15) is 0 Å². The third-order valence-corrected chi connectivity index (χ3v) is 4.40. The van der Waals surface area contributed by atoms with E-state index in [2.05, 4.69) is 31.2 Å². The molecule has 1 aliphatic rings. The SMILES string of the molecule is CCOC(=O)C1(Cc2ccc(C)cc2)CCCC1OCC. The maximum atomic E-state index is 12.6. The number of hydrogen-bond acceptors (Lipinski definition) is 3. The molecule has 21 heavy (non-hydrogen) atoms. The monoisotopic (exact) mass is 290 g/mol. The van der Waals surface area contributed by atoms with Gasteiger partial charge in [-0.15, -0.1) is 0 Å². The summed E-state index contributed by atoms with van der Waals surface area (Å²) >= 11 is 0. The minimum atomic E-state index is -0.513. The number of rotatable bonds is 6. The maximum absolute atomic E-state index is 12.6. The van der Waals surface area contributed by atoms with E-state index < -0.39 is 5.41 Å². The van der Waals surface area contributed by atoms with E-state index in [1.54, 1.807) is 0 Å². The molecule has 0 N–H and O–H groups in total. The molecule has 0 saturated heterocycles. The smallest absolute Gasteiger partial charge is 0.315 e. The molecule has 0 spiro atoms. The first kappa shape index (κ1) is 16.0. The molecule has 1 fully saturated rings. The van der Waals surface area contributed by atoms with Gasteiger partial charge in [0.15, 0.2) is 0 Å². The van der Waals surface area contributed by atoms with Gasteiger partial charge in [-0.05, 0) is 52.0 Å². The van der Waals surface area contributed by atoms with Crippen LogP contribution in [0.3, 0.4) is 0 Å². The largest absolute Gasteiger partial charge is 0.465 e. The van der Waals surface area contributed by atoms with Crippen molar-refractivity contribution in [2.75, 3.05) is 13.2 Å². The molecule has 0 bridgehead atoms. The number of carbonyl (C=O) groups is 1. The van der Waals surface area contributed by atoms with E-state index in [-0.39, 0.29) is 12.1 Å². The molecule has 2 atom stereocenters. The number of benzene rings is 1. The third kappa shape index (κ3) is 3.46. The molecular formula is C18H26O3. The predicted octanol–water partition coefficient (Wildman–Crippen LogP) is 3.68. The van der Waals surface area contributed by atoms with Crippen molar-refractivity contribution in [2.45, 2.75) is 52.6 Å². The van der Waals surface area contributed by atoms with Crippen molar-refractivity contribution < 1.29 is 14.3 Å². The van der Waals surface area contributed by atoms with E-state index in [1.165, 1.54) is 11.1 Å². The average Bonchev–Trinajstić information content (AvgIpc) is 2.86. The molecule has 0 radical (unpaired) electrons. The minimum Gasteiger partial charge on any atom is -0.465 e. The molecule has 0 heterocycles. The highest BCUT2D eigenvalue weighted by Crippen LogP contribution is 2.44. The summed E-state index contributed by atoms with van der Waals surface area (Å²) in [6, 6.07) is 8.41. The van der Waals surface area contributed by atoms with E-state index >= 15 is 0 Å². The first-order chi connectivity index (χ1) is 10.1. The Morgan fingerprint density at radius 2 is 1.95 bits per heavy atom. The molecule has 1 aromatic carbocycles. The fraction of sp³-hybridized carbons (Fsp3) is 0.611. The molecule has 0 aliphatic heterocycles. The fourth-order valence-corrected chi connectivity index (χ4v) is 3.34. The van der Waals surface area contributed by atoms with Crippen LogP contribution in [0, 0.1) is 12.3 Å². The minimum absolute atomic E-state index is 0.0251. The molecule has 1 aromatic rings. The van der Waals surface area contributed by atoms with Gasteiger partial charge in [0.2, 0.25) is 0 Å². The molecule has 2 unspecified atom stereocenters. The topological polar surface area (TPSA) is 35.5 Å². The summed E-state index contributed by atoms with van der Waals surface area (Å²) in [5.41, 5.74) is 1.90. The van der Waals surface area contributed by atoms with E-state index in [9.17, 15) is 4.79 Å². The van der Waals surface area contributed by atoms with Crippen LogP contribution in [0.5, 0.6) is 0 Å². The Bertz CT molecular complexity index is 466. The third-order valence-electron chi connectivity index (χ3n) is 4.40. The maximum Gasteiger partial charge on any atom is 0.315 e. The van der Waals surface area contributed by atoms with Crippen LogP contribution >= 0.6 is 0 Å². The van der Waals surface area contributed by atoms with Gasteiger partial charge in [-0.2, -0.15) is 0 Å². The highest BCUT2D eigenvalue weighted by molar-refractivity contribution is 5.78. The van der Waals surface area contributed by atoms with Crippen molar-refractivity contribution in [3.63, 3.8) is 0 Å². The first-order valence-electron chi connectivity index (χ1n) is 7.96. The van der Waals surface area contributed by atoms with Crippen molar-refractivity contribution in [2.24, 2.45) is 5.41 Å². The summed E-state index contributed by atoms with van der Waals surface area (Å²) in [6.45, 7) is 6.98. The van der Waals surface area contributed by atoms with Crippen LogP contribution in [0.2, 0.25) is 0 Å². The normalized spacial score (nSPS) is 25.0. The van der Waals surface area contributed by atoms with E-state index in [0.29, 0.717) is 19.6 Å². The van der Waals surface area contributed by atoms with Crippen LogP contribution in [-0.2, 0) is 20.7 Å². The van der Waals surface area contributed by atoms with Crippen LogP contribution in [0.15, 0.2) is 24.3 Å². The van der Waals surface area contributed by atoms with Crippen LogP contribution in [-0.4, -0.2) is 25.3 Å². The van der Waals surface area contributed by atoms with Crippen molar-refractivity contribution in [1.29, 1.82) is 0 Å². The van der Waals surface area contributed by atoms with E-state index in [4.69, 9.17) is 9.47 Å². The number of ether oxygens (including phenoxy) is 2. The Hall–Kier alpha value is -1.35. The Labute approximate surface area is 127 Å². The summed E-state index contributed by atoms with van der Waals surface area (Å²) in [4.78, 5) is 12.6. The van der Waals surface area contributed by atoms with Gasteiger partial charge in [-0.1, -0.05) is 29.8 Å². The van der Waals surface area contributed by atoms with Crippen LogP contribution in [0.1, 0.15) is 44.2 Å². The second-order valence-corrected chi connectivity index (χ2v) is 5.88. The number of aryl methyl sites for hydroxylation is 1. The quantitative estimate of drug-likeness (QED) is 0.750. The Morgan fingerprint density at radius 1 is 1.24 bits per heavy atom. The van der Waals surface area contributed by atoms with Gasteiger partial charge in [-0.3, -0.25) is 4.79 Å². The zero-order valence-electron chi connectivity index (χ0n) is 13.4. The first-order valence-corrected chi connectivity index (χ1v) is 7.96. The fourth-order valence-electron chi connectivity index (χ4n) is 3.34. The molecule has 1 aliphatic carbocycles. The van der Waals surface area contributed by atoms with Gasteiger partial charge in [-0.25, -0.2) is 0 Å². The van der Waals surface area contributed by atoms with Gasteiger partial charge in [0.05, 0.1) is 18.1 Å². The molecule has 0 amide bonds. The lowest BCUT2D eigenvalue weighted by Gasteiger charge is -2.33. The summed E-state index contributed by atoms with van der Waals surface area (Å²) in [5.74, 6) is -0.0958. The summed E-state index contributed by atoms with van der Waals surface area (Å²) in [7, 11) is 0. The van der Waals surface area contributed by atoms with Crippen molar-refractivity contribution in [1.82, 2.24) is 0 Å². The van der Waals surface area contributed by atoms with Gasteiger partial charge < -0.3 is 9.47 Å². The predicted molar refractivity (Wildman–Crippen MR) is 83.2 cm³/mol. The van der Waals surface area contributed by atoms with E-state index in [0.717, 1.165) is 19.3 Å². The van der Waals surface area contributed by atoms with Gasteiger partial charge in [0.25, 0.3) is 0 Å². The lowest BCUT2D eigenvalue weighted by Crippen LogP contribution is -2.43. The highest BCUT2D eigenvalue weighted by Gasteiger charge is 2.50. The van der Waals surface area contributed by atoms with Crippen molar-refractivity contribution in [3.05, 3.63) is 35.4 Å². The molecular weight excluding hydrogens is 264 g/mol. The lowest BCUT2D eigenvalue weighted by atomic mass is 9.78.